The number of aryl methyl sites for hydroxylation is 1. The van der Waals surface area contributed by atoms with E-state index in [9.17, 15) is 4.79 Å². The van der Waals surface area contributed by atoms with Crippen molar-refractivity contribution in [3.8, 4) is 5.88 Å². The first-order valence-electron chi connectivity index (χ1n) is 4.71. The van der Waals surface area contributed by atoms with Crippen LogP contribution in [0.4, 0.5) is 0 Å². The van der Waals surface area contributed by atoms with Gasteiger partial charge in [0.2, 0.25) is 5.88 Å². The monoisotopic (exact) mass is 209 g/mol. The van der Waals surface area contributed by atoms with Crippen LogP contribution in [-0.2, 0) is 4.79 Å². The Labute approximate surface area is 88.9 Å². The molecule has 0 saturated carbocycles. The van der Waals surface area contributed by atoms with Gasteiger partial charge in [0.05, 0.1) is 5.41 Å². The molecule has 0 saturated heterocycles. The first kappa shape index (κ1) is 11.5. The Hall–Kier alpha value is -1.58. The Bertz CT molecular complexity index is 361. The fourth-order valence-electron chi connectivity index (χ4n) is 0.933. The van der Waals surface area contributed by atoms with Crippen LogP contribution >= 0.6 is 0 Å². The number of ether oxygens (including phenoxy) is 1. The fraction of sp³-hybridized carbons (Fsp3) is 0.455. The molecule has 0 bridgehead atoms. The van der Waals surface area contributed by atoms with Crippen LogP contribution in [0, 0.1) is 12.3 Å². The van der Waals surface area contributed by atoms with Crippen LogP contribution in [0.15, 0.2) is 18.3 Å². The zero-order valence-electron chi connectivity index (χ0n) is 9.15. The summed E-state index contributed by atoms with van der Waals surface area (Å²) in [6, 6.07) is 3.68. The largest absolute Gasteiger partial charge is 0.481 e. The zero-order valence-corrected chi connectivity index (χ0v) is 9.15. The standard InChI is InChI=1S/C11H15NO3/c1-8-5-4-6-12-9(8)15-7-11(2,3)10(13)14/h4-6H,7H2,1-3H3,(H,13,14). The summed E-state index contributed by atoms with van der Waals surface area (Å²) in [6.07, 6.45) is 1.62. The van der Waals surface area contributed by atoms with E-state index in [1.165, 1.54) is 0 Å². The van der Waals surface area contributed by atoms with Crippen LogP contribution < -0.4 is 4.74 Å². The number of aliphatic carboxylic acids is 1. The van der Waals surface area contributed by atoms with E-state index < -0.39 is 11.4 Å². The van der Waals surface area contributed by atoms with Crippen molar-refractivity contribution in [1.82, 2.24) is 4.98 Å². The normalized spacial score (nSPS) is 11.1. The quantitative estimate of drug-likeness (QED) is 0.822. The lowest BCUT2D eigenvalue weighted by Crippen LogP contribution is -2.30. The second kappa shape index (κ2) is 4.29. The van der Waals surface area contributed by atoms with Gasteiger partial charge in [-0.1, -0.05) is 6.07 Å². The molecular weight excluding hydrogens is 194 g/mol. The van der Waals surface area contributed by atoms with Gasteiger partial charge in [0.25, 0.3) is 0 Å². The molecule has 0 fully saturated rings. The number of carboxylic acid groups (broad SMARTS) is 1. The minimum Gasteiger partial charge on any atom is -0.481 e. The number of aromatic nitrogens is 1. The summed E-state index contributed by atoms with van der Waals surface area (Å²) in [5.74, 6) is -0.386. The molecule has 1 N–H and O–H groups in total. The van der Waals surface area contributed by atoms with Crippen molar-refractivity contribution < 1.29 is 14.6 Å². The predicted molar refractivity (Wildman–Crippen MR) is 55.9 cm³/mol. The molecule has 0 aliphatic heterocycles. The van der Waals surface area contributed by atoms with Gasteiger partial charge in [0.1, 0.15) is 6.61 Å². The molecule has 1 aromatic heterocycles. The van der Waals surface area contributed by atoms with Gasteiger partial charge in [-0.15, -0.1) is 0 Å². The molecule has 82 valence electrons. The van der Waals surface area contributed by atoms with Crippen molar-refractivity contribution in [2.24, 2.45) is 5.41 Å². The number of hydrogen-bond donors (Lipinski definition) is 1. The molecule has 15 heavy (non-hydrogen) atoms. The van der Waals surface area contributed by atoms with Gasteiger partial charge >= 0.3 is 5.97 Å². The van der Waals surface area contributed by atoms with Crippen molar-refractivity contribution in [2.45, 2.75) is 20.8 Å². The maximum atomic E-state index is 10.8. The van der Waals surface area contributed by atoms with E-state index in [1.807, 2.05) is 19.1 Å². The molecule has 0 aromatic carbocycles. The molecule has 0 aliphatic carbocycles. The Morgan fingerprint density at radius 1 is 1.60 bits per heavy atom. The number of carboxylic acids is 1. The zero-order chi connectivity index (χ0) is 11.5. The molecule has 0 atom stereocenters. The smallest absolute Gasteiger partial charge is 0.312 e. The third-order valence-corrected chi connectivity index (χ3v) is 2.11. The van der Waals surface area contributed by atoms with Crippen LogP contribution in [0.2, 0.25) is 0 Å². The highest BCUT2D eigenvalue weighted by molar-refractivity contribution is 5.73. The van der Waals surface area contributed by atoms with Crippen molar-refractivity contribution in [3.63, 3.8) is 0 Å². The summed E-state index contributed by atoms with van der Waals surface area (Å²) in [5, 5.41) is 8.89. The molecule has 0 spiro atoms. The molecule has 1 aromatic rings. The highest BCUT2D eigenvalue weighted by Gasteiger charge is 2.28. The summed E-state index contributed by atoms with van der Waals surface area (Å²) in [4.78, 5) is 14.9. The summed E-state index contributed by atoms with van der Waals surface area (Å²) < 4.78 is 5.37. The number of nitrogens with zero attached hydrogens (tertiary/aromatic N) is 1. The fourth-order valence-corrected chi connectivity index (χ4v) is 0.933. The van der Waals surface area contributed by atoms with Gasteiger partial charge in [0, 0.05) is 11.8 Å². The molecule has 1 rings (SSSR count). The minimum atomic E-state index is -0.899. The maximum Gasteiger partial charge on any atom is 0.312 e. The summed E-state index contributed by atoms with van der Waals surface area (Å²) in [6.45, 7) is 5.22. The van der Waals surface area contributed by atoms with Gasteiger partial charge in [-0.2, -0.15) is 0 Å². The van der Waals surface area contributed by atoms with Crippen LogP contribution in [0.25, 0.3) is 0 Å². The highest BCUT2D eigenvalue weighted by Crippen LogP contribution is 2.19. The lowest BCUT2D eigenvalue weighted by atomic mass is 9.95. The highest BCUT2D eigenvalue weighted by atomic mass is 16.5. The van der Waals surface area contributed by atoms with Crippen molar-refractivity contribution >= 4 is 5.97 Å². The third-order valence-electron chi connectivity index (χ3n) is 2.11. The molecule has 4 heteroatoms. The summed E-state index contributed by atoms with van der Waals surface area (Å²) in [7, 11) is 0. The van der Waals surface area contributed by atoms with E-state index in [-0.39, 0.29) is 6.61 Å². The number of carbonyl (C=O) groups is 1. The number of rotatable bonds is 4. The third kappa shape index (κ3) is 2.94. The van der Waals surface area contributed by atoms with Crippen molar-refractivity contribution in [1.29, 1.82) is 0 Å². The lowest BCUT2D eigenvalue weighted by molar-refractivity contribution is -0.148. The van der Waals surface area contributed by atoms with Crippen molar-refractivity contribution in [2.75, 3.05) is 6.61 Å². The van der Waals surface area contributed by atoms with E-state index in [2.05, 4.69) is 4.98 Å². The topological polar surface area (TPSA) is 59.4 Å². The minimum absolute atomic E-state index is 0.111. The van der Waals surface area contributed by atoms with Crippen LogP contribution in [-0.4, -0.2) is 22.7 Å². The van der Waals surface area contributed by atoms with Crippen molar-refractivity contribution in [3.05, 3.63) is 23.9 Å². The Morgan fingerprint density at radius 3 is 2.80 bits per heavy atom. The van der Waals surface area contributed by atoms with E-state index in [1.54, 1.807) is 20.0 Å². The van der Waals surface area contributed by atoms with Gasteiger partial charge in [-0.3, -0.25) is 4.79 Å². The predicted octanol–water partition coefficient (Wildman–Crippen LogP) is 1.88. The molecule has 0 amide bonds. The molecule has 4 nitrogen and oxygen atoms in total. The SMILES string of the molecule is Cc1cccnc1OCC(C)(C)C(=O)O. The van der Waals surface area contributed by atoms with E-state index in [4.69, 9.17) is 9.84 Å². The molecular formula is C11H15NO3. The van der Waals surface area contributed by atoms with Gasteiger partial charge < -0.3 is 9.84 Å². The number of pyridine rings is 1. The molecule has 0 unspecified atom stereocenters. The first-order valence-corrected chi connectivity index (χ1v) is 4.71. The molecule has 1 heterocycles. The summed E-state index contributed by atoms with van der Waals surface area (Å²) in [5.41, 5.74) is 0.00272. The first-order chi connectivity index (χ1) is 6.93. The number of hydrogen-bond acceptors (Lipinski definition) is 3. The average Bonchev–Trinajstić information content (AvgIpc) is 2.16. The Kier molecular flexibility index (Phi) is 3.29. The second-order valence-electron chi connectivity index (χ2n) is 4.10. The van der Waals surface area contributed by atoms with E-state index in [0.29, 0.717) is 5.88 Å². The van der Waals surface area contributed by atoms with Crippen LogP contribution in [0.1, 0.15) is 19.4 Å². The molecule has 0 radical (unpaired) electrons. The van der Waals surface area contributed by atoms with E-state index in [0.717, 1.165) is 5.56 Å². The second-order valence-corrected chi connectivity index (χ2v) is 4.10. The van der Waals surface area contributed by atoms with Gasteiger partial charge in [-0.25, -0.2) is 4.98 Å². The van der Waals surface area contributed by atoms with E-state index >= 15 is 0 Å². The Balaban J connectivity index is 2.66. The maximum absolute atomic E-state index is 10.8. The van der Waals surface area contributed by atoms with Gasteiger partial charge in [-0.05, 0) is 26.8 Å². The Morgan fingerprint density at radius 2 is 2.27 bits per heavy atom. The van der Waals surface area contributed by atoms with Gasteiger partial charge in [0.15, 0.2) is 0 Å². The molecule has 0 aliphatic rings. The average molecular weight is 209 g/mol. The van der Waals surface area contributed by atoms with Crippen LogP contribution in [0.3, 0.4) is 0 Å². The lowest BCUT2D eigenvalue weighted by Gasteiger charge is -2.19. The van der Waals surface area contributed by atoms with Crippen LogP contribution in [0.5, 0.6) is 5.88 Å². The summed E-state index contributed by atoms with van der Waals surface area (Å²) >= 11 is 0.